The number of rotatable bonds is 3. The van der Waals surface area contributed by atoms with E-state index < -0.39 is 21.2 Å². The van der Waals surface area contributed by atoms with Crippen molar-refractivity contribution in [2.45, 2.75) is 38.5 Å². The van der Waals surface area contributed by atoms with Crippen LogP contribution in [-0.2, 0) is 26.2 Å². The van der Waals surface area contributed by atoms with E-state index in [1.165, 1.54) is 0 Å². The second-order valence-corrected chi connectivity index (χ2v) is 8.87. The zero-order valence-corrected chi connectivity index (χ0v) is 14.1. The molecule has 2 fully saturated rings. The number of hydrogen-bond acceptors (Lipinski definition) is 4. The van der Waals surface area contributed by atoms with Gasteiger partial charge in [-0.2, -0.15) is 0 Å². The number of ketones is 1. The summed E-state index contributed by atoms with van der Waals surface area (Å²) >= 11 is 0. The highest BCUT2D eigenvalue weighted by atomic mass is 32.2. The Balaban J connectivity index is 1.97. The number of fused-ring (bicyclic) bond motifs is 1. The third-order valence-electron chi connectivity index (χ3n) is 5.00. The molecule has 3 unspecified atom stereocenters. The fourth-order valence-electron chi connectivity index (χ4n) is 3.76. The summed E-state index contributed by atoms with van der Waals surface area (Å²) in [6, 6.07) is 9.08. The van der Waals surface area contributed by atoms with E-state index in [1.807, 2.05) is 32.0 Å². The van der Waals surface area contributed by atoms with Gasteiger partial charge in [-0.15, -0.1) is 0 Å². The van der Waals surface area contributed by atoms with E-state index in [9.17, 15) is 18.0 Å². The lowest BCUT2D eigenvalue weighted by molar-refractivity contribution is -0.134. The van der Waals surface area contributed by atoms with Crippen LogP contribution in [0.1, 0.15) is 32.3 Å². The minimum absolute atomic E-state index is 0.0345. The predicted molar refractivity (Wildman–Crippen MR) is 85.8 cm³/mol. The highest BCUT2D eigenvalue weighted by molar-refractivity contribution is 7.90. The fraction of sp³-hybridized carbons (Fsp3) is 0.529. The normalized spacial score (nSPS) is 29.9. The van der Waals surface area contributed by atoms with Crippen molar-refractivity contribution in [3.05, 3.63) is 35.9 Å². The SMILES string of the molecule is CC(C)C1CC(=O)CC2C1C(=O)N(Cc1ccccc1)S2(=O)=O. The van der Waals surface area contributed by atoms with Crippen molar-refractivity contribution in [3.8, 4) is 0 Å². The topological polar surface area (TPSA) is 71.5 Å². The molecule has 1 aliphatic heterocycles. The summed E-state index contributed by atoms with van der Waals surface area (Å²) in [5.41, 5.74) is 0.774. The Bertz CT molecular complexity index is 726. The zero-order chi connectivity index (χ0) is 16.8. The maximum atomic E-state index is 12.8. The number of sulfonamides is 1. The summed E-state index contributed by atoms with van der Waals surface area (Å²) in [6.45, 7) is 3.94. The number of carbonyl (C=O) groups excluding carboxylic acids is 2. The van der Waals surface area contributed by atoms with Crippen LogP contribution in [0.3, 0.4) is 0 Å². The van der Waals surface area contributed by atoms with Crippen molar-refractivity contribution in [3.63, 3.8) is 0 Å². The Labute approximate surface area is 136 Å². The Morgan fingerprint density at radius 3 is 2.39 bits per heavy atom. The van der Waals surface area contributed by atoms with Crippen LogP contribution in [0, 0.1) is 17.8 Å². The van der Waals surface area contributed by atoms with Gasteiger partial charge in [-0.25, -0.2) is 12.7 Å². The van der Waals surface area contributed by atoms with Gasteiger partial charge in [0, 0.05) is 12.8 Å². The maximum absolute atomic E-state index is 12.8. The second kappa shape index (κ2) is 5.74. The molecule has 3 rings (SSSR count). The molecule has 1 aromatic carbocycles. The average molecular weight is 335 g/mol. The van der Waals surface area contributed by atoms with E-state index >= 15 is 0 Å². The quantitative estimate of drug-likeness (QED) is 0.847. The highest BCUT2D eigenvalue weighted by Gasteiger charge is 2.58. The summed E-state index contributed by atoms with van der Waals surface area (Å²) in [7, 11) is -3.77. The number of benzene rings is 1. The molecule has 0 radical (unpaired) electrons. The van der Waals surface area contributed by atoms with Crippen molar-refractivity contribution in [1.82, 2.24) is 4.31 Å². The molecule has 3 atom stereocenters. The molecule has 124 valence electrons. The second-order valence-electron chi connectivity index (χ2n) is 6.79. The van der Waals surface area contributed by atoms with Gasteiger partial charge in [-0.1, -0.05) is 44.2 Å². The molecule has 6 heteroatoms. The molecule has 0 aromatic heterocycles. The third-order valence-corrected chi connectivity index (χ3v) is 7.15. The molecule has 5 nitrogen and oxygen atoms in total. The lowest BCUT2D eigenvalue weighted by Gasteiger charge is -2.31. The smallest absolute Gasteiger partial charge is 0.241 e. The van der Waals surface area contributed by atoms with Crippen LogP contribution in [0.25, 0.3) is 0 Å². The Hall–Kier alpha value is -1.69. The number of nitrogens with zero attached hydrogens (tertiary/aromatic N) is 1. The van der Waals surface area contributed by atoms with E-state index in [2.05, 4.69) is 0 Å². The minimum Gasteiger partial charge on any atom is -0.300 e. The van der Waals surface area contributed by atoms with Crippen molar-refractivity contribution in [1.29, 1.82) is 0 Å². The lowest BCUT2D eigenvalue weighted by atomic mass is 9.72. The van der Waals surface area contributed by atoms with Gasteiger partial charge in [-0.05, 0) is 17.4 Å². The lowest BCUT2D eigenvalue weighted by Crippen LogP contribution is -2.40. The summed E-state index contributed by atoms with van der Waals surface area (Å²) in [5, 5.41) is -0.882. The van der Waals surface area contributed by atoms with Crippen LogP contribution in [0.5, 0.6) is 0 Å². The van der Waals surface area contributed by atoms with Gasteiger partial charge in [0.15, 0.2) is 0 Å². The molecule has 1 saturated carbocycles. The van der Waals surface area contributed by atoms with Gasteiger partial charge in [0.2, 0.25) is 15.9 Å². The van der Waals surface area contributed by atoms with Crippen LogP contribution in [0.2, 0.25) is 0 Å². The van der Waals surface area contributed by atoms with Gasteiger partial charge >= 0.3 is 0 Å². The van der Waals surface area contributed by atoms with E-state index in [1.54, 1.807) is 12.1 Å². The van der Waals surface area contributed by atoms with Crippen LogP contribution in [0.15, 0.2) is 30.3 Å². The van der Waals surface area contributed by atoms with Gasteiger partial charge in [0.1, 0.15) is 5.78 Å². The summed E-state index contributed by atoms with van der Waals surface area (Å²) in [4.78, 5) is 24.8. The number of carbonyl (C=O) groups is 2. The van der Waals surface area contributed by atoms with E-state index in [4.69, 9.17) is 0 Å². The Morgan fingerprint density at radius 1 is 1.13 bits per heavy atom. The molecule has 0 spiro atoms. The molecule has 1 aliphatic carbocycles. The van der Waals surface area contributed by atoms with Crippen LogP contribution < -0.4 is 0 Å². The van der Waals surface area contributed by atoms with Gasteiger partial charge in [-0.3, -0.25) is 9.59 Å². The summed E-state index contributed by atoms with van der Waals surface area (Å²) in [5.74, 6) is -1.07. The molecule has 1 heterocycles. The summed E-state index contributed by atoms with van der Waals surface area (Å²) in [6.07, 6.45) is 0.270. The average Bonchev–Trinajstić information content (AvgIpc) is 2.68. The molecular weight excluding hydrogens is 314 g/mol. The van der Waals surface area contributed by atoms with Gasteiger partial charge in [0.05, 0.1) is 17.7 Å². The highest BCUT2D eigenvalue weighted by Crippen LogP contribution is 2.44. The van der Waals surface area contributed by atoms with Crippen LogP contribution in [0.4, 0.5) is 0 Å². The Kier molecular flexibility index (Phi) is 4.04. The van der Waals surface area contributed by atoms with Crippen molar-refractivity contribution < 1.29 is 18.0 Å². The third kappa shape index (κ3) is 2.69. The monoisotopic (exact) mass is 335 g/mol. The maximum Gasteiger partial charge on any atom is 0.241 e. The van der Waals surface area contributed by atoms with Crippen LogP contribution >= 0.6 is 0 Å². The predicted octanol–water partition coefficient (Wildman–Crippen LogP) is 1.98. The summed E-state index contributed by atoms with van der Waals surface area (Å²) < 4.78 is 26.6. The molecule has 1 aromatic rings. The zero-order valence-electron chi connectivity index (χ0n) is 13.3. The molecule has 1 amide bonds. The first-order valence-corrected chi connectivity index (χ1v) is 9.43. The Morgan fingerprint density at radius 2 is 1.78 bits per heavy atom. The first-order valence-electron chi connectivity index (χ1n) is 7.93. The van der Waals surface area contributed by atoms with E-state index in [-0.39, 0.29) is 36.5 Å². The molecule has 2 aliphatic rings. The number of Topliss-reactive ketones (excluding diaryl/α,β-unsaturated/α-hetero) is 1. The number of amides is 1. The molecular formula is C17H21NO4S. The molecule has 0 bridgehead atoms. The first-order chi connectivity index (χ1) is 10.8. The van der Waals surface area contributed by atoms with Gasteiger partial charge in [0.25, 0.3) is 0 Å². The standard InChI is InChI=1S/C17H21NO4S/c1-11(2)14-8-13(19)9-15-16(14)17(20)18(23(15,21)22)10-12-6-4-3-5-7-12/h3-7,11,14-16H,8-10H2,1-2H3. The largest absolute Gasteiger partial charge is 0.300 e. The fourth-order valence-corrected chi connectivity index (χ4v) is 5.87. The van der Waals surface area contributed by atoms with Crippen LogP contribution in [-0.4, -0.2) is 29.7 Å². The van der Waals surface area contributed by atoms with Crippen molar-refractivity contribution >= 4 is 21.7 Å². The minimum atomic E-state index is -3.77. The molecule has 1 saturated heterocycles. The van der Waals surface area contributed by atoms with Crippen molar-refractivity contribution in [2.75, 3.05) is 0 Å². The molecule has 23 heavy (non-hydrogen) atoms. The molecule has 0 N–H and O–H groups in total. The van der Waals surface area contributed by atoms with Gasteiger partial charge < -0.3 is 0 Å². The van der Waals surface area contributed by atoms with E-state index in [0.29, 0.717) is 6.42 Å². The number of hydrogen-bond donors (Lipinski definition) is 0. The van der Waals surface area contributed by atoms with E-state index in [0.717, 1.165) is 9.87 Å². The van der Waals surface area contributed by atoms with Crippen molar-refractivity contribution in [2.24, 2.45) is 17.8 Å². The first kappa shape index (κ1) is 16.2.